The van der Waals surface area contributed by atoms with Gasteiger partial charge in [-0.05, 0) is 43.0 Å². The van der Waals surface area contributed by atoms with Crippen LogP contribution in [0.3, 0.4) is 0 Å². The molecule has 1 aliphatic heterocycles. The van der Waals surface area contributed by atoms with Crippen LogP contribution < -0.4 is 4.72 Å². The first kappa shape index (κ1) is 17.1. The molecule has 1 aromatic carbocycles. The SMILES string of the molecule is O=S(=O)(C[C@H]1CCCCO1)NCc1cccc(-c2ccccn2)c1. The first-order valence-electron chi connectivity index (χ1n) is 8.22. The van der Waals surface area contributed by atoms with Crippen molar-refractivity contribution in [2.24, 2.45) is 0 Å². The molecule has 128 valence electrons. The quantitative estimate of drug-likeness (QED) is 0.873. The lowest BCUT2D eigenvalue weighted by Crippen LogP contribution is -2.34. The number of ether oxygens (including phenoxy) is 1. The van der Waals surface area contributed by atoms with Gasteiger partial charge >= 0.3 is 0 Å². The molecule has 1 saturated heterocycles. The molecule has 0 amide bonds. The normalized spacial score (nSPS) is 18.4. The van der Waals surface area contributed by atoms with Crippen molar-refractivity contribution in [3.05, 3.63) is 54.2 Å². The Balaban J connectivity index is 1.62. The van der Waals surface area contributed by atoms with Crippen molar-refractivity contribution in [3.63, 3.8) is 0 Å². The van der Waals surface area contributed by atoms with Gasteiger partial charge in [0.25, 0.3) is 0 Å². The highest BCUT2D eigenvalue weighted by atomic mass is 32.2. The Bertz CT molecular complexity index is 757. The van der Waals surface area contributed by atoms with E-state index in [2.05, 4.69) is 9.71 Å². The molecule has 24 heavy (non-hydrogen) atoms. The van der Waals surface area contributed by atoms with Gasteiger partial charge < -0.3 is 4.74 Å². The maximum absolute atomic E-state index is 12.2. The third-order valence-corrected chi connectivity index (χ3v) is 5.46. The van der Waals surface area contributed by atoms with Crippen LogP contribution in [0.2, 0.25) is 0 Å². The average molecular weight is 346 g/mol. The number of pyridine rings is 1. The monoisotopic (exact) mass is 346 g/mol. The first-order valence-corrected chi connectivity index (χ1v) is 9.87. The van der Waals surface area contributed by atoms with Gasteiger partial charge in [0, 0.05) is 24.9 Å². The van der Waals surface area contributed by atoms with E-state index in [1.807, 2.05) is 42.5 Å². The highest BCUT2D eigenvalue weighted by molar-refractivity contribution is 7.89. The molecule has 0 radical (unpaired) electrons. The van der Waals surface area contributed by atoms with Gasteiger partial charge in [0.15, 0.2) is 0 Å². The van der Waals surface area contributed by atoms with Crippen LogP contribution in [0.5, 0.6) is 0 Å². The minimum atomic E-state index is -3.35. The maximum Gasteiger partial charge on any atom is 0.214 e. The van der Waals surface area contributed by atoms with Crippen LogP contribution in [0.4, 0.5) is 0 Å². The summed E-state index contributed by atoms with van der Waals surface area (Å²) < 4.78 is 32.6. The molecular formula is C18H22N2O3S. The molecule has 1 aliphatic rings. The third-order valence-electron chi connectivity index (χ3n) is 4.06. The summed E-state index contributed by atoms with van der Waals surface area (Å²) in [4.78, 5) is 4.32. The lowest BCUT2D eigenvalue weighted by molar-refractivity contribution is 0.0304. The summed E-state index contributed by atoms with van der Waals surface area (Å²) in [6, 6.07) is 13.5. The van der Waals surface area contributed by atoms with E-state index in [1.54, 1.807) is 6.20 Å². The Hall–Kier alpha value is -1.76. The average Bonchev–Trinajstić information content (AvgIpc) is 2.62. The van der Waals surface area contributed by atoms with Crippen LogP contribution in [-0.2, 0) is 21.3 Å². The van der Waals surface area contributed by atoms with E-state index in [0.717, 1.165) is 36.1 Å². The van der Waals surface area contributed by atoms with E-state index in [1.165, 1.54) is 0 Å². The highest BCUT2D eigenvalue weighted by Gasteiger charge is 2.21. The molecule has 1 N–H and O–H groups in total. The summed E-state index contributed by atoms with van der Waals surface area (Å²) in [6.07, 6.45) is 4.43. The highest BCUT2D eigenvalue weighted by Crippen LogP contribution is 2.18. The van der Waals surface area contributed by atoms with Crippen LogP contribution in [0.25, 0.3) is 11.3 Å². The van der Waals surface area contributed by atoms with Crippen LogP contribution in [0, 0.1) is 0 Å². The molecule has 0 unspecified atom stereocenters. The summed E-state index contributed by atoms with van der Waals surface area (Å²) >= 11 is 0. The predicted molar refractivity (Wildman–Crippen MR) is 93.9 cm³/mol. The number of nitrogens with zero attached hydrogens (tertiary/aromatic N) is 1. The van der Waals surface area contributed by atoms with E-state index < -0.39 is 10.0 Å². The first-order chi connectivity index (χ1) is 11.6. The lowest BCUT2D eigenvalue weighted by Gasteiger charge is -2.22. The Morgan fingerprint density at radius 3 is 2.83 bits per heavy atom. The molecule has 0 aliphatic carbocycles. The van der Waals surface area contributed by atoms with Crippen molar-refractivity contribution in [1.82, 2.24) is 9.71 Å². The Labute approximate surface area is 143 Å². The molecule has 3 rings (SSSR count). The Morgan fingerprint density at radius 2 is 2.08 bits per heavy atom. The van der Waals surface area contributed by atoms with E-state index >= 15 is 0 Å². The van der Waals surface area contributed by atoms with E-state index in [9.17, 15) is 8.42 Å². The molecular weight excluding hydrogens is 324 g/mol. The molecule has 2 aromatic rings. The van der Waals surface area contributed by atoms with E-state index in [-0.39, 0.29) is 18.4 Å². The van der Waals surface area contributed by atoms with Crippen molar-refractivity contribution in [1.29, 1.82) is 0 Å². The third kappa shape index (κ3) is 4.87. The van der Waals surface area contributed by atoms with Gasteiger partial charge in [-0.1, -0.05) is 24.3 Å². The summed E-state index contributed by atoms with van der Waals surface area (Å²) in [5, 5.41) is 0. The number of hydrogen-bond acceptors (Lipinski definition) is 4. The number of aromatic nitrogens is 1. The van der Waals surface area contributed by atoms with Crippen molar-refractivity contribution < 1.29 is 13.2 Å². The minimum Gasteiger partial charge on any atom is -0.377 e. The number of benzene rings is 1. The van der Waals surface area contributed by atoms with Crippen LogP contribution in [0.15, 0.2) is 48.7 Å². The molecule has 5 nitrogen and oxygen atoms in total. The van der Waals surface area contributed by atoms with Gasteiger partial charge in [0.05, 0.1) is 17.6 Å². The van der Waals surface area contributed by atoms with Gasteiger partial charge in [0.2, 0.25) is 10.0 Å². The summed E-state index contributed by atoms with van der Waals surface area (Å²) in [6.45, 7) is 0.933. The Kier molecular flexibility index (Phi) is 5.60. The molecule has 0 bridgehead atoms. The zero-order valence-electron chi connectivity index (χ0n) is 13.5. The standard InChI is InChI=1S/C18H22N2O3S/c21-24(22,14-17-8-2-4-11-23-17)20-13-15-6-5-7-16(12-15)18-9-1-3-10-19-18/h1,3,5-7,9-10,12,17,20H,2,4,8,11,13-14H2/t17-/m1/s1. The van der Waals surface area contributed by atoms with Crippen molar-refractivity contribution in [2.75, 3.05) is 12.4 Å². The molecule has 1 atom stereocenters. The van der Waals surface area contributed by atoms with Gasteiger partial charge in [-0.3, -0.25) is 4.98 Å². The van der Waals surface area contributed by atoms with Crippen molar-refractivity contribution in [3.8, 4) is 11.3 Å². The largest absolute Gasteiger partial charge is 0.377 e. The van der Waals surface area contributed by atoms with E-state index in [4.69, 9.17) is 4.74 Å². The van der Waals surface area contributed by atoms with Crippen LogP contribution in [0.1, 0.15) is 24.8 Å². The molecule has 2 heterocycles. The van der Waals surface area contributed by atoms with Gasteiger partial charge in [-0.15, -0.1) is 0 Å². The van der Waals surface area contributed by atoms with E-state index in [0.29, 0.717) is 6.61 Å². The van der Waals surface area contributed by atoms with Crippen LogP contribution in [-0.4, -0.2) is 31.9 Å². The number of hydrogen-bond donors (Lipinski definition) is 1. The summed E-state index contributed by atoms with van der Waals surface area (Å²) in [7, 11) is -3.35. The van der Waals surface area contributed by atoms with Gasteiger partial charge in [0.1, 0.15) is 0 Å². The fourth-order valence-electron chi connectivity index (χ4n) is 2.81. The van der Waals surface area contributed by atoms with Gasteiger partial charge in [-0.25, -0.2) is 13.1 Å². The summed E-state index contributed by atoms with van der Waals surface area (Å²) in [5.74, 6) is 0.0347. The minimum absolute atomic E-state index is 0.0347. The van der Waals surface area contributed by atoms with Crippen molar-refractivity contribution >= 4 is 10.0 Å². The van der Waals surface area contributed by atoms with Gasteiger partial charge in [-0.2, -0.15) is 0 Å². The second-order valence-electron chi connectivity index (χ2n) is 6.01. The molecule has 1 fully saturated rings. The number of nitrogens with one attached hydrogen (secondary N) is 1. The number of rotatable bonds is 6. The fraction of sp³-hybridized carbons (Fsp3) is 0.389. The van der Waals surface area contributed by atoms with Crippen LogP contribution >= 0.6 is 0 Å². The zero-order valence-corrected chi connectivity index (χ0v) is 14.3. The summed E-state index contributed by atoms with van der Waals surface area (Å²) in [5.41, 5.74) is 2.76. The fourth-order valence-corrected chi connectivity index (χ4v) is 4.07. The second-order valence-corrected chi connectivity index (χ2v) is 7.86. The maximum atomic E-state index is 12.2. The number of sulfonamides is 1. The molecule has 6 heteroatoms. The molecule has 0 spiro atoms. The van der Waals surface area contributed by atoms with Crippen molar-refractivity contribution in [2.45, 2.75) is 31.9 Å². The topological polar surface area (TPSA) is 68.3 Å². The zero-order chi connectivity index (χ0) is 16.8. The smallest absolute Gasteiger partial charge is 0.214 e. The Morgan fingerprint density at radius 1 is 1.17 bits per heavy atom. The lowest BCUT2D eigenvalue weighted by atomic mass is 10.1. The second kappa shape index (κ2) is 7.88. The predicted octanol–water partition coefficient (Wildman–Crippen LogP) is 2.74. The molecule has 1 aromatic heterocycles. The molecule has 0 saturated carbocycles.